The van der Waals surface area contributed by atoms with Crippen molar-refractivity contribution in [3.05, 3.63) is 35.9 Å². The first-order valence-corrected chi connectivity index (χ1v) is 6.26. The molecule has 0 aliphatic rings. The van der Waals surface area contributed by atoms with Crippen LogP contribution in [0.1, 0.15) is 5.56 Å². The number of ether oxygens (including phenoxy) is 1. The monoisotopic (exact) mass is 320 g/mol. The Kier molecular flexibility index (Phi) is 6.64. The Balaban J connectivity index is 2.35. The Hall–Kier alpha value is -2.29. The maximum atomic E-state index is 12.0. The summed E-state index contributed by atoms with van der Waals surface area (Å²) in [5.74, 6) is -2.15. The van der Waals surface area contributed by atoms with Gasteiger partial charge in [0.15, 0.2) is 0 Å². The lowest BCUT2D eigenvalue weighted by atomic mass is 10.2. The minimum absolute atomic E-state index is 0.0280. The van der Waals surface area contributed by atoms with E-state index in [-0.39, 0.29) is 6.61 Å². The third-order valence-electron chi connectivity index (χ3n) is 2.52. The molecule has 122 valence electrons. The van der Waals surface area contributed by atoms with Gasteiger partial charge in [-0.25, -0.2) is 4.79 Å². The number of hydrogen-bond donors (Lipinski definition) is 3. The molecule has 9 heteroatoms. The molecule has 0 heterocycles. The molecule has 0 spiro atoms. The topological polar surface area (TPSA) is 87.7 Å². The van der Waals surface area contributed by atoms with Crippen LogP contribution in [0.4, 0.5) is 18.0 Å². The molecular weight excluding hydrogens is 305 g/mol. The lowest BCUT2D eigenvalue weighted by Gasteiger charge is -2.17. The van der Waals surface area contributed by atoms with Crippen molar-refractivity contribution in [2.24, 2.45) is 0 Å². The van der Waals surface area contributed by atoms with Gasteiger partial charge >= 0.3 is 18.2 Å². The van der Waals surface area contributed by atoms with Gasteiger partial charge in [0.1, 0.15) is 6.61 Å². The molecule has 1 aromatic rings. The zero-order valence-electron chi connectivity index (χ0n) is 11.4. The highest BCUT2D eigenvalue weighted by Gasteiger charge is 2.38. The molecule has 1 atom stereocenters. The molecule has 0 saturated carbocycles. The zero-order chi connectivity index (χ0) is 16.6. The molecule has 22 heavy (non-hydrogen) atoms. The molecule has 1 aromatic carbocycles. The van der Waals surface area contributed by atoms with Gasteiger partial charge in [-0.1, -0.05) is 30.3 Å². The number of amides is 2. The average molecular weight is 320 g/mol. The van der Waals surface area contributed by atoms with Crippen LogP contribution in [-0.2, 0) is 16.1 Å². The van der Waals surface area contributed by atoms with Gasteiger partial charge in [0.25, 0.3) is 0 Å². The molecule has 3 N–H and O–H groups in total. The van der Waals surface area contributed by atoms with Gasteiger partial charge in [-0.3, -0.25) is 4.79 Å². The number of hydrogen-bond acceptors (Lipinski definition) is 4. The van der Waals surface area contributed by atoms with E-state index in [2.05, 4.69) is 5.32 Å². The lowest BCUT2D eigenvalue weighted by Crippen LogP contribution is -2.48. The van der Waals surface area contributed by atoms with E-state index in [1.54, 1.807) is 35.6 Å². The van der Waals surface area contributed by atoms with Crippen molar-refractivity contribution >= 4 is 12.0 Å². The SMILES string of the molecule is O=C(N[C@H](CO)CNC(=O)C(F)(F)F)OCc1ccccc1. The third-order valence-corrected chi connectivity index (χ3v) is 2.52. The van der Waals surface area contributed by atoms with Crippen molar-refractivity contribution in [3.8, 4) is 0 Å². The van der Waals surface area contributed by atoms with Crippen LogP contribution >= 0.6 is 0 Å². The molecule has 0 radical (unpaired) electrons. The van der Waals surface area contributed by atoms with E-state index in [4.69, 9.17) is 9.84 Å². The fourth-order valence-electron chi connectivity index (χ4n) is 1.41. The van der Waals surface area contributed by atoms with E-state index >= 15 is 0 Å². The van der Waals surface area contributed by atoms with Gasteiger partial charge in [-0.15, -0.1) is 0 Å². The average Bonchev–Trinajstić information content (AvgIpc) is 2.49. The molecule has 0 aromatic heterocycles. The van der Waals surface area contributed by atoms with Gasteiger partial charge in [0.05, 0.1) is 12.6 Å². The van der Waals surface area contributed by atoms with Crippen LogP contribution in [0.25, 0.3) is 0 Å². The maximum Gasteiger partial charge on any atom is 0.471 e. The van der Waals surface area contributed by atoms with E-state index in [1.807, 2.05) is 0 Å². The van der Waals surface area contributed by atoms with Crippen molar-refractivity contribution < 1.29 is 32.6 Å². The number of alkyl halides is 3. The number of aliphatic hydroxyl groups excluding tert-OH is 1. The zero-order valence-corrected chi connectivity index (χ0v) is 11.4. The van der Waals surface area contributed by atoms with Crippen molar-refractivity contribution in [1.82, 2.24) is 10.6 Å². The molecule has 6 nitrogen and oxygen atoms in total. The van der Waals surface area contributed by atoms with Crippen molar-refractivity contribution in [2.75, 3.05) is 13.2 Å². The third kappa shape index (κ3) is 6.44. The Morgan fingerprint density at radius 3 is 2.41 bits per heavy atom. The summed E-state index contributed by atoms with van der Waals surface area (Å²) in [6.07, 6.45) is -5.93. The number of carbonyl (C=O) groups is 2. The second kappa shape index (κ2) is 8.23. The van der Waals surface area contributed by atoms with Crippen molar-refractivity contribution in [2.45, 2.75) is 18.8 Å². The summed E-state index contributed by atoms with van der Waals surface area (Å²) in [5, 5.41) is 12.7. The summed E-state index contributed by atoms with van der Waals surface area (Å²) < 4.78 is 40.8. The van der Waals surface area contributed by atoms with E-state index in [0.717, 1.165) is 5.56 Å². The predicted octanol–water partition coefficient (Wildman–Crippen LogP) is 0.952. The molecule has 0 aliphatic carbocycles. The van der Waals surface area contributed by atoms with Gasteiger partial charge in [0.2, 0.25) is 0 Å². The minimum Gasteiger partial charge on any atom is -0.445 e. The Bertz CT molecular complexity index is 494. The van der Waals surface area contributed by atoms with Gasteiger partial charge in [0, 0.05) is 6.54 Å². The van der Waals surface area contributed by atoms with Crippen LogP contribution in [0, 0.1) is 0 Å². The van der Waals surface area contributed by atoms with Crippen LogP contribution in [0.2, 0.25) is 0 Å². The Morgan fingerprint density at radius 2 is 1.86 bits per heavy atom. The molecule has 0 aliphatic heterocycles. The second-order valence-electron chi connectivity index (χ2n) is 4.29. The summed E-state index contributed by atoms with van der Waals surface area (Å²) in [7, 11) is 0. The van der Waals surface area contributed by atoms with Crippen LogP contribution in [0.15, 0.2) is 30.3 Å². The fourth-order valence-corrected chi connectivity index (χ4v) is 1.41. The molecule has 1 rings (SSSR count). The number of rotatable bonds is 6. The van der Waals surface area contributed by atoms with Crippen LogP contribution in [-0.4, -0.2) is 42.5 Å². The number of halogens is 3. The van der Waals surface area contributed by atoms with Crippen molar-refractivity contribution in [3.63, 3.8) is 0 Å². The van der Waals surface area contributed by atoms with Crippen LogP contribution in [0.5, 0.6) is 0 Å². The summed E-state index contributed by atoms with van der Waals surface area (Å²) in [6, 6.07) is 7.64. The number of alkyl carbamates (subject to hydrolysis) is 1. The van der Waals surface area contributed by atoms with Gasteiger partial charge in [-0.2, -0.15) is 13.2 Å². The first-order valence-electron chi connectivity index (χ1n) is 6.26. The summed E-state index contributed by atoms with van der Waals surface area (Å²) in [6.45, 7) is -1.26. The standard InChI is InChI=1S/C13H15F3N2O4/c14-13(15,16)11(20)17-6-10(7-19)18-12(21)22-8-9-4-2-1-3-5-9/h1-5,10,19H,6-8H2,(H,17,20)(H,18,21)/t10-/m0/s1. The maximum absolute atomic E-state index is 12.0. The minimum atomic E-state index is -5.02. The molecule has 0 bridgehead atoms. The summed E-state index contributed by atoms with van der Waals surface area (Å²) in [4.78, 5) is 22.1. The number of nitrogens with one attached hydrogen (secondary N) is 2. The quantitative estimate of drug-likeness (QED) is 0.728. The first-order chi connectivity index (χ1) is 10.3. The Morgan fingerprint density at radius 1 is 1.23 bits per heavy atom. The van der Waals surface area contributed by atoms with E-state index < -0.39 is 37.4 Å². The van der Waals surface area contributed by atoms with Gasteiger partial charge < -0.3 is 20.5 Å². The fraction of sp³-hybridized carbons (Fsp3) is 0.385. The summed E-state index contributed by atoms with van der Waals surface area (Å²) >= 11 is 0. The smallest absolute Gasteiger partial charge is 0.445 e. The number of carbonyl (C=O) groups excluding carboxylic acids is 2. The highest BCUT2D eigenvalue weighted by atomic mass is 19.4. The summed E-state index contributed by atoms with van der Waals surface area (Å²) in [5.41, 5.74) is 0.726. The normalized spacial score (nSPS) is 12.4. The highest BCUT2D eigenvalue weighted by Crippen LogP contribution is 2.13. The first kappa shape index (κ1) is 17.8. The molecular formula is C13H15F3N2O4. The largest absolute Gasteiger partial charge is 0.471 e. The number of benzene rings is 1. The Labute approximate surface area is 124 Å². The van der Waals surface area contributed by atoms with E-state index in [0.29, 0.717) is 0 Å². The van der Waals surface area contributed by atoms with Crippen LogP contribution < -0.4 is 10.6 Å². The second-order valence-corrected chi connectivity index (χ2v) is 4.29. The molecule has 2 amide bonds. The van der Waals surface area contributed by atoms with Crippen molar-refractivity contribution in [1.29, 1.82) is 0 Å². The number of aliphatic hydroxyl groups is 1. The molecule has 0 fully saturated rings. The van der Waals surface area contributed by atoms with E-state index in [1.165, 1.54) is 0 Å². The van der Waals surface area contributed by atoms with Gasteiger partial charge in [-0.05, 0) is 5.56 Å². The molecule has 0 saturated heterocycles. The highest BCUT2D eigenvalue weighted by molar-refractivity contribution is 5.81. The predicted molar refractivity (Wildman–Crippen MR) is 69.7 cm³/mol. The molecule has 0 unspecified atom stereocenters. The van der Waals surface area contributed by atoms with Crippen LogP contribution in [0.3, 0.4) is 0 Å². The lowest BCUT2D eigenvalue weighted by molar-refractivity contribution is -0.173. The van der Waals surface area contributed by atoms with E-state index in [9.17, 15) is 22.8 Å².